The number of hydrogen-bond acceptors (Lipinski definition) is 2. The molecule has 1 saturated heterocycles. The molecule has 0 radical (unpaired) electrons. The Hall–Kier alpha value is -0.380. The maximum absolute atomic E-state index is 12.2. The average Bonchev–Trinajstić information content (AvgIpc) is 2.29. The van der Waals surface area contributed by atoms with E-state index in [1.807, 2.05) is 18.2 Å². The molecule has 0 amide bonds. The van der Waals surface area contributed by atoms with Crippen LogP contribution < -0.4 is 5.32 Å². The van der Waals surface area contributed by atoms with Crippen LogP contribution in [0.25, 0.3) is 0 Å². The third kappa shape index (κ3) is 2.80. The first-order valence-corrected chi connectivity index (χ1v) is 6.73. The molecule has 2 rings (SSSR count). The van der Waals surface area contributed by atoms with Crippen molar-refractivity contribution in [3.8, 4) is 0 Å². The first-order valence-electron chi connectivity index (χ1n) is 5.14. The van der Waals surface area contributed by atoms with Gasteiger partial charge < -0.3 is 5.32 Å². The van der Waals surface area contributed by atoms with Gasteiger partial charge in [-0.1, -0.05) is 17.7 Å². The van der Waals surface area contributed by atoms with Crippen LogP contribution in [0.1, 0.15) is 12.8 Å². The fourth-order valence-electron chi connectivity index (χ4n) is 1.79. The zero-order valence-corrected chi connectivity index (χ0v) is 9.98. The summed E-state index contributed by atoms with van der Waals surface area (Å²) in [6.45, 7) is 1.94. The Morgan fingerprint density at radius 2 is 2.07 bits per heavy atom. The predicted octanol–water partition coefficient (Wildman–Crippen LogP) is 2.20. The summed E-state index contributed by atoms with van der Waals surface area (Å²) in [5.41, 5.74) is 0. The molecule has 2 nitrogen and oxygen atoms in total. The number of piperidine rings is 1. The maximum Gasteiger partial charge on any atom is 0.0562 e. The van der Waals surface area contributed by atoms with E-state index in [4.69, 9.17) is 11.6 Å². The Labute approximate surface area is 97.5 Å². The molecule has 0 bridgehead atoms. The molecule has 1 atom stereocenters. The molecule has 0 aromatic heterocycles. The molecule has 1 heterocycles. The lowest BCUT2D eigenvalue weighted by Gasteiger charge is -2.21. The van der Waals surface area contributed by atoms with Crippen LogP contribution in [0.3, 0.4) is 0 Å². The van der Waals surface area contributed by atoms with E-state index in [0.29, 0.717) is 5.02 Å². The highest BCUT2D eigenvalue weighted by atomic mass is 35.5. The van der Waals surface area contributed by atoms with Crippen molar-refractivity contribution in [2.45, 2.75) is 23.0 Å². The summed E-state index contributed by atoms with van der Waals surface area (Å²) >= 11 is 5.88. The molecule has 15 heavy (non-hydrogen) atoms. The van der Waals surface area contributed by atoms with Crippen molar-refractivity contribution in [3.05, 3.63) is 29.3 Å². The largest absolute Gasteiger partial charge is 0.317 e. The van der Waals surface area contributed by atoms with Gasteiger partial charge in [-0.2, -0.15) is 0 Å². The first kappa shape index (κ1) is 11.1. The fourth-order valence-corrected chi connectivity index (χ4v) is 3.55. The standard InChI is InChI=1S/C11H14ClNOS/c12-9-2-1-3-11(8-9)15(14)10-4-6-13-7-5-10/h1-3,8,10,13H,4-7H2. The third-order valence-corrected chi connectivity index (χ3v) is 4.65. The normalized spacial score (nSPS) is 20.1. The zero-order chi connectivity index (χ0) is 10.7. The van der Waals surface area contributed by atoms with Crippen molar-refractivity contribution >= 4 is 22.4 Å². The van der Waals surface area contributed by atoms with Gasteiger partial charge in [-0.3, -0.25) is 4.21 Å². The molecule has 1 fully saturated rings. The molecular weight excluding hydrogens is 230 g/mol. The Morgan fingerprint density at radius 1 is 1.33 bits per heavy atom. The monoisotopic (exact) mass is 243 g/mol. The van der Waals surface area contributed by atoms with Gasteiger partial charge in [0.1, 0.15) is 0 Å². The van der Waals surface area contributed by atoms with Gasteiger partial charge in [-0.05, 0) is 44.1 Å². The van der Waals surface area contributed by atoms with Crippen molar-refractivity contribution in [2.75, 3.05) is 13.1 Å². The van der Waals surface area contributed by atoms with Crippen LogP contribution >= 0.6 is 11.6 Å². The molecule has 1 aliphatic rings. The Morgan fingerprint density at radius 3 is 2.73 bits per heavy atom. The van der Waals surface area contributed by atoms with Gasteiger partial charge >= 0.3 is 0 Å². The summed E-state index contributed by atoms with van der Waals surface area (Å²) in [6, 6.07) is 7.37. The molecule has 4 heteroatoms. The minimum Gasteiger partial charge on any atom is -0.317 e. The molecule has 1 aliphatic heterocycles. The van der Waals surface area contributed by atoms with Crippen LogP contribution in [0.15, 0.2) is 29.2 Å². The van der Waals surface area contributed by atoms with E-state index >= 15 is 0 Å². The third-order valence-electron chi connectivity index (χ3n) is 2.62. The number of hydrogen-bond donors (Lipinski definition) is 1. The average molecular weight is 244 g/mol. The van der Waals surface area contributed by atoms with E-state index in [2.05, 4.69) is 5.32 Å². The van der Waals surface area contributed by atoms with Gasteiger partial charge in [-0.15, -0.1) is 0 Å². The Kier molecular flexibility index (Phi) is 3.78. The van der Waals surface area contributed by atoms with E-state index in [9.17, 15) is 4.21 Å². The Balaban J connectivity index is 2.12. The van der Waals surface area contributed by atoms with Gasteiger partial charge in [0.15, 0.2) is 0 Å². The number of rotatable bonds is 2. The lowest BCUT2D eigenvalue weighted by atomic mass is 10.2. The van der Waals surface area contributed by atoms with Gasteiger partial charge in [0, 0.05) is 15.2 Å². The Bertz CT molecular complexity index is 363. The first-order chi connectivity index (χ1) is 7.27. The zero-order valence-electron chi connectivity index (χ0n) is 8.41. The number of halogens is 1. The summed E-state index contributed by atoms with van der Waals surface area (Å²) in [7, 11) is -0.905. The van der Waals surface area contributed by atoms with Gasteiger partial charge in [0.25, 0.3) is 0 Å². The fraction of sp³-hybridized carbons (Fsp3) is 0.455. The lowest BCUT2D eigenvalue weighted by molar-refractivity contribution is 0.519. The van der Waals surface area contributed by atoms with Crippen molar-refractivity contribution < 1.29 is 4.21 Å². The van der Waals surface area contributed by atoms with Crippen LogP contribution in [-0.2, 0) is 10.8 Å². The highest BCUT2D eigenvalue weighted by Crippen LogP contribution is 2.20. The van der Waals surface area contributed by atoms with Crippen LogP contribution in [-0.4, -0.2) is 22.5 Å². The molecule has 0 spiro atoms. The molecule has 1 aromatic carbocycles. The van der Waals surface area contributed by atoms with E-state index in [-0.39, 0.29) is 5.25 Å². The molecule has 1 N–H and O–H groups in total. The second-order valence-corrected chi connectivity index (χ2v) is 5.87. The summed E-state index contributed by atoms with van der Waals surface area (Å²) in [5.74, 6) is 0. The minimum absolute atomic E-state index is 0.282. The quantitative estimate of drug-likeness (QED) is 0.863. The number of benzene rings is 1. The molecule has 0 aliphatic carbocycles. The van der Waals surface area contributed by atoms with E-state index in [1.54, 1.807) is 6.07 Å². The van der Waals surface area contributed by atoms with Gasteiger partial charge in [0.05, 0.1) is 10.8 Å². The van der Waals surface area contributed by atoms with Crippen molar-refractivity contribution in [1.29, 1.82) is 0 Å². The van der Waals surface area contributed by atoms with Crippen LogP contribution in [0.5, 0.6) is 0 Å². The van der Waals surface area contributed by atoms with Crippen molar-refractivity contribution in [2.24, 2.45) is 0 Å². The van der Waals surface area contributed by atoms with Crippen LogP contribution in [0.2, 0.25) is 5.02 Å². The highest BCUT2D eigenvalue weighted by molar-refractivity contribution is 7.85. The molecule has 1 aromatic rings. The lowest BCUT2D eigenvalue weighted by Crippen LogP contribution is -2.33. The van der Waals surface area contributed by atoms with Crippen molar-refractivity contribution in [1.82, 2.24) is 5.32 Å². The second kappa shape index (κ2) is 5.10. The smallest absolute Gasteiger partial charge is 0.0562 e. The maximum atomic E-state index is 12.2. The van der Waals surface area contributed by atoms with Crippen LogP contribution in [0, 0.1) is 0 Å². The van der Waals surface area contributed by atoms with Crippen LogP contribution in [0.4, 0.5) is 0 Å². The topological polar surface area (TPSA) is 29.1 Å². The summed E-state index contributed by atoms with van der Waals surface area (Å²) < 4.78 is 12.2. The van der Waals surface area contributed by atoms with E-state index in [1.165, 1.54) is 0 Å². The van der Waals surface area contributed by atoms with Gasteiger partial charge in [0.2, 0.25) is 0 Å². The highest BCUT2D eigenvalue weighted by Gasteiger charge is 2.20. The number of nitrogens with one attached hydrogen (secondary N) is 1. The van der Waals surface area contributed by atoms with Crippen molar-refractivity contribution in [3.63, 3.8) is 0 Å². The summed E-state index contributed by atoms with van der Waals surface area (Å²) in [6.07, 6.45) is 1.97. The van der Waals surface area contributed by atoms with E-state index in [0.717, 1.165) is 30.8 Å². The SMILES string of the molecule is O=S(c1cccc(Cl)c1)C1CCNCC1. The second-order valence-electron chi connectivity index (χ2n) is 3.70. The minimum atomic E-state index is -0.905. The predicted molar refractivity (Wildman–Crippen MR) is 63.8 cm³/mol. The van der Waals surface area contributed by atoms with E-state index < -0.39 is 10.8 Å². The molecular formula is C11H14ClNOS. The molecule has 1 unspecified atom stereocenters. The molecule has 0 saturated carbocycles. The summed E-state index contributed by atoms with van der Waals surface area (Å²) in [4.78, 5) is 0.856. The summed E-state index contributed by atoms with van der Waals surface area (Å²) in [5, 5.41) is 4.22. The van der Waals surface area contributed by atoms with Gasteiger partial charge in [-0.25, -0.2) is 0 Å². The molecule has 82 valence electrons.